The van der Waals surface area contributed by atoms with Gasteiger partial charge < -0.3 is 9.80 Å². The lowest BCUT2D eigenvalue weighted by molar-refractivity contribution is 0.215. The first-order valence-corrected chi connectivity index (χ1v) is 22.1. The highest BCUT2D eigenvalue weighted by Gasteiger charge is 2.07. The van der Waals surface area contributed by atoms with Gasteiger partial charge in [0.05, 0.1) is 0 Å². The average molecular weight is 649 g/mol. The molecule has 0 saturated heterocycles. The van der Waals surface area contributed by atoms with Gasteiger partial charge in [-0.05, 0) is 45.9 Å². The first-order valence-electron chi connectivity index (χ1n) is 22.1. The van der Waals surface area contributed by atoms with Crippen LogP contribution < -0.4 is 0 Å². The summed E-state index contributed by atoms with van der Waals surface area (Å²) in [7, 11) is 2.38. The first-order chi connectivity index (χ1) is 22.7. The third-order valence-corrected chi connectivity index (χ3v) is 10.6. The molecule has 0 aliphatic rings. The fourth-order valence-corrected chi connectivity index (χ4v) is 7.16. The first kappa shape index (κ1) is 45.9. The van der Waals surface area contributed by atoms with Crippen molar-refractivity contribution in [3.63, 3.8) is 0 Å². The molecular formula is C44H92N2. The highest BCUT2D eigenvalue weighted by Crippen LogP contribution is 2.15. The molecule has 46 heavy (non-hydrogen) atoms. The van der Waals surface area contributed by atoms with Gasteiger partial charge in [0.15, 0.2) is 0 Å². The third-order valence-electron chi connectivity index (χ3n) is 10.6. The van der Waals surface area contributed by atoms with Crippen LogP contribution in [0.25, 0.3) is 0 Å². The second-order valence-electron chi connectivity index (χ2n) is 15.5. The molecule has 2 nitrogen and oxygen atoms in total. The van der Waals surface area contributed by atoms with Crippen molar-refractivity contribution in [1.29, 1.82) is 0 Å². The molecule has 0 atom stereocenters. The van der Waals surface area contributed by atoms with Gasteiger partial charge in [-0.1, -0.05) is 226 Å². The van der Waals surface area contributed by atoms with Crippen molar-refractivity contribution in [2.45, 2.75) is 245 Å². The van der Waals surface area contributed by atoms with E-state index in [0.717, 1.165) is 0 Å². The summed E-state index contributed by atoms with van der Waals surface area (Å²) in [6.45, 7) is 13.5. The van der Waals surface area contributed by atoms with E-state index >= 15 is 0 Å². The van der Waals surface area contributed by atoms with E-state index in [1.54, 1.807) is 0 Å². The monoisotopic (exact) mass is 649 g/mol. The fourth-order valence-electron chi connectivity index (χ4n) is 7.16. The summed E-state index contributed by atoms with van der Waals surface area (Å²) in [6.07, 6.45) is 50.7. The van der Waals surface area contributed by atoms with E-state index in [4.69, 9.17) is 0 Å². The van der Waals surface area contributed by atoms with Gasteiger partial charge in [-0.25, -0.2) is 0 Å². The third kappa shape index (κ3) is 38.4. The SMILES string of the molecule is CCCCCCCCCCCCCCN(C)CCN(CCCCCCCCCCCCC)CCCCCCCCCCCCCC. The maximum atomic E-state index is 2.84. The van der Waals surface area contributed by atoms with Crippen molar-refractivity contribution < 1.29 is 0 Å². The van der Waals surface area contributed by atoms with Gasteiger partial charge in [0.1, 0.15) is 0 Å². The molecule has 0 spiro atoms. The minimum Gasteiger partial charge on any atom is -0.305 e. The molecule has 0 amide bonds. The van der Waals surface area contributed by atoms with Gasteiger partial charge in [0, 0.05) is 13.1 Å². The van der Waals surface area contributed by atoms with Crippen LogP contribution in [0, 0.1) is 0 Å². The van der Waals surface area contributed by atoms with E-state index in [9.17, 15) is 0 Å². The summed E-state index contributed by atoms with van der Waals surface area (Å²) in [4.78, 5) is 5.47. The second kappa shape index (κ2) is 41.1. The van der Waals surface area contributed by atoms with Crippen LogP contribution in [0.1, 0.15) is 245 Å². The number of hydrogen-bond donors (Lipinski definition) is 0. The molecule has 0 saturated carbocycles. The van der Waals surface area contributed by atoms with Crippen LogP contribution >= 0.6 is 0 Å². The smallest absolute Gasteiger partial charge is 0.0109 e. The largest absolute Gasteiger partial charge is 0.305 e. The van der Waals surface area contributed by atoms with Crippen molar-refractivity contribution >= 4 is 0 Å². The highest BCUT2D eigenvalue weighted by atomic mass is 15.2. The Balaban J connectivity index is 4.02. The molecule has 0 aromatic carbocycles. The van der Waals surface area contributed by atoms with E-state index in [1.807, 2.05) is 0 Å². The molecule has 0 N–H and O–H groups in total. The summed E-state index contributed by atoms with van der Waals surface area (Å²) < 4.78 is 0. The molecule has 278 valence electrons. The summed E-state index contributed by atoms with van der Waals surface area (Å²) >= 11 is 0. The van der Waals surface area contributed by atoms with Crippen LogP contribution in [-0.2, 0) is 0 Å². The zero-order valence-electron chi connectivity index (χ0n) is 33.2. The molecule has 0 rings (SSSR count). The summed E-state index contributed by atoms with van der Waals surface area (Å²) in [6, 6.07) is 0. The Morgan fingerprint density at radius 3 is 0.696 bits per heavy atom. The van der Waals surface area contributed by atoms with Crippen LogP contribution in [0.2, 0.25) is 0 Å². The van der Waals surface area contributed by atoms with E-state index in [-0.39, 0.29) is 0 Å². The van der Waals surface area contributed by atoms with E-state index in [1.165, 1.54) is 257 Å². The molecule has 0 fully saturated rings. The Kier molecular flexibility index (Phi) is 41.0. The number of likely N-dealkylation sites (N-methyl/N-ethyl adjacent to an activating group) is 1. The zero-order chi connectivity index (χ0) is 33.4. The quantitative estimate of drug-likeness (QED) is 0.0609. The van der Waals surface area contributed by atoms with Crippen LogP contribution in [0.15, 0.2) is 0 Å². The summed E-state index contributed by atoms with van der Waals surface area (Å²) in [5.41, 5.74) is 0. The Bertz CT molecular complexity index is 520. The van der Waals surface area contributed by atoms with Crippen molar-refractivity contribution in [3.8, 4) is 0 Å². The maximum absolute atomic E-state index is 2.84. The molecule has 0 heterocycles. The van der Waals surface area contributed by atoms with Gasteiger partial charge in [-0.3, -0.25) is 0 Å². The predicted octanol–water partition coefficient (Wildman–Crippen LogP) is 14.9. The van der Waals surface area contributed by atoms with Crippen LogP contribution in [0.4, 0.5) is 0 Å². The Labute approximate surface area is 294 Å². The van der Waals surface area contributed by atoms with E-state index in [0.29, 0.717) is 0 Å². The van der Waals surface area contributed by atoms with Gasteiger partial charge in [-0.2, -0.15) is 0 Å². The average Bonchev–Trinajstić information content (AvgIpc) is 3.06. The summed E-state index contributed by atoms with van der Waals surface area (Å²) in [5.74, 6) is 0. The number of hydrogen-bond acceptors (Lipinski definition) is 2. The van der Waals surface area contributed by atoms with E-state index < -0.39 is 0 Å². The Hall–Kier alpha value is -0.0800. The highest BCUT2D eigenvalue weighted by molar-refractivity contribution is 4.63. The lowest BCUT2D eigenvalue weighted by atomic mass is 10.0. The van der Waals surface area contributed by atoms with Gasteiger partial charge in [0.2, 0.25) is 0 Å². The van der Waals surface area contributed by atoms with Crippen molar-refractivity contribution in [2.75, 3.05) is 39.8 Å². The summed E-state index contributed by atoms with van der Waals surface area (Å²) in [5, 5.41) is 0. The van der Waals surface area contributed by atoms with Crippen molar-refractivity contribution in [3.05, 3.63) is 0 Å². The lowest BCUT2D eigenvalue weighted by Crippen LogP contribution is -2.35. The van der Waals surface area contributed by atoms with Crippen molar-refractivity contribution in [2.24, 2.45) is 0 Å². The maximum Gasteiger partial charge on any atom is 0.0109 e. The number of unbranched alkanes of at least 4 members (excludes halogenated alkanes) is 32. The predicted molar refractivity (Wildman–Crippen MR) is 213 cm³/mol. The van der Waals surface area contributed by atoms with Crippen molar-refractivity contribution in [1.82, 2.24) is 9.80 Å². The number of nitrogens with zero attached hydrogens (tertiary/aromatic N) is 2. The normalized spacial score (nSPS) is 11.9. The molecule has 0 aliphatic carbocycles. The van der Waals surface area contributed by atoms with Crippen LogP contribution in [0.5, 0.6) is 0 Å². The number of rotatable bonds is 41. The second-order valence-corrected chi connectivity index (χ2v) is 15.5. The minimum atomic E-state index is 1.26. The topological polar surface area (TPSA) is 6.48 Å². The molecule has 0 aromatic heterocycles. The lowest BCUT2D eigenvalue weighted by Gasteiger charge is -2.25. The van der Waals surface area contributed by atoms with Crippen LogP contribution in [0.3, 0.4) is 0 Å². The molecule has 0 aromatic rings. The molecular weight excluding hydrogens is 556 g/mol. The molecule has 0 unspecified atom stereocenters. The fraction of sp³-hybridized carbons (Fsp3) is 1.00. The minimum absolute atomic E-state index is 1.26. The molecule has 0 aliphatic heterocycles. The standard InChI is InChI=1S/C44H92N2/c1-5-8-11-14-17-20-23-26-28-31-34-37-40-45(4)43-44-46(41-38-35-32-29-25-22-19-16-13-10-7-3)42-39-36-33-30-27-24-21-18-15-12-9-6-2/h5-44H2,1-4H3. The van der Waals surface area contributed by atoms with Gasteiger partial charge in [0.25, 0.3) is 0 Å². The molecule has 2 heteroatoms. The zero-order valence-corrected chi connectivity index (χ0v) is 33.2. The molecule has 0 bridgehead atoms. The Morgan fingerprint density at radius 1 is 0.217 bits per heavy atom. The van der Waals surface area contributed by atoms with Crippen LogP contribution in [-0.4, -0.2) is 49.6 Å². The van der Waals surface area contributed by atoms with Gasteiger partial charge in [-0.15, -0.1) is 0 Å². The van der Waals surface area contributed by atoms with Gasteiger partial charge >= 0.3 is 0 Å². The van der Waals surface area contributed by atoms with E-state index in [2.05, 4.69) is 37.6 Å². The Morgan fingerprint density at radius 2 is 0.435 bits per heavy atom. The molecule has 0 radical (unpaired) electrons.